The molecular formula is C21H27N2Ru+. The van der Waals surface area contributed by atoms with Gasteiger partial charge in [0.15, 0.2) is 0 Å². The molecule has 0 bridgehead atoms. The molecule has 1 aliphatic rings. The Balaban J connectivity index is 0.00000208. The third kappa shape index (κ3) is 3.52. The largest absolute Gasteiger partial charge is 2.00 e. The van der Waals surface area contributed by atoms with Crippen LogP contribution in [0.25, 0.3) is 0 Å². The Hall–Kier alpha value is -1.34. The number of hydrogen-bond donors (Lipinski definition) is 0. The predicted molar refractivity (Wildman–Crippen MR) is 100 cm³/mol. The molecule has 0 amide bonds. The molecule has 0 N–H and O–H groups in total. The van der Waals surface area contributed by atoms with Gasteiger partial charge in [-0.2, -0.15) is 6.67 Å². The molecule has 1 aliphatic heterocycles. The fraction of sp³-hybridized carbons (Fsp3) is 0.381. The van der Waals surface area contributed by atoms with E-state index in [2.05, 4.69) is 82.3 Å². The maximum atomic E-state index is 2.41. The van der Waals surface area contributed by atoms with Gasteiger partial charge in [0.2, 0.25) is 0 Å². The first kappa shape index (κ1) is 19.0. The van der Waals surface area contributed by atoms with Crippen LogP contribution in [0.4, 0.5) is 11.4 Å². The molecule has 0 radical (unpaired) electrons. The second-order valence-corrected chi connectivity index (χ2v) is 7.00. The van der Waals surface area contributed by atoms with E-state index in [-0.39, 0.29) is 19.5 Å². The van der Waals surface area contributed by atoms with Gasteiger partial charge < -0.3 is 9.80 Å². The van der Waals surface area contributed by atoms with E-state index in [0.717, 1.165) is 13.1 Å². The Morgan fingerprint density at radius 1 is 0.625 bits per heavy atom. The van der Waals surface area contributed by atoms with E-state index < -0.39 is 0 Å². The summed E-state index contributed by atoms with van der Waals surface area (Å²) >= 11 is 0. The van der Waals surface area contributed by atoms with Gasteiger partial charge in [-0.1, -0.05) is 35.4 Å². The van der Waals surface area contributed by atoms with Crippen LogP contribution in [0.3, 0.4) is 0 Å². The summed E-state index contributed by atoms with van der Waals surface area (Å²) in [4.78, 5) is 4.81. The predicted octanol–water partition coefficient (Wildman–Crippen LogP) is 4.98. The normalized spacial score (nSPS) is 14.1. The van der Waals surface area contributed by atoms with E-state index in [9.17, 15) is 0 Å². The Morgan fingerprint density at radius 3 is 1.21 bits per heavy atom. The van der Waals surface area contributed by atoms with Crippen LogP contribution in [-0.2, 0) is 19.5 Å². The Kier molecular flexibility index (Phi) is 5.76. The third-order valence-electron chi connectivity index (χ3n) is 4.71. The van der Waals surface area contributed by atoms with Crippen LogP contribution in [0.15, 0.2) is 24.3 Å². The van der Waals surface area contributed by atoms with E-state index in [1.54, 1.807) is 0 Å². The van der Waals surface area contributed by atoms with Gasteiger partial charge in [0, 0.05) is 24.5 Å². The van der Waals surface area contributed by atoms with Gasteiger partial charge in [0.05, 0.1) is 0 Å². The summed E-state index contributed by atoms with van der Waals surface area (Å²) in [5.74, 6) is 0. The van der Waals surface area contributed by atoms with Gasteiger partial charge in [-0.25, -0.2) is 0 Å². The molecule has 1 heterocycles. The minimum atomic E-state index is 0. The summed E-state index contributed by atoms with van der Waals surface area (Å²) in [7, 11) is 0. The van der Waals surface area contributed by atoms with Crippen molar-refractivity contribution in [2.75, 3.05) is 22.9 Å². The number of hydrogen-bond acceptors (Lipinski definition) is 2. The van der Waals surface area contributed by atoms with Crippen molar-refractivity contribution >= 4 is 11.4 Å². The molecule has 24 heavy (non-hydrogen) atoms. The van der Waals surface area contributed by atoms with Gasteiger partial charge in [0.25, 0.3) is 0 Å². The average molecular weight is 409 g/mol. The molecule has 0 spiro atoms. The molecule has 0 atom stereocenters. The maximum absolute atomic E-state index is 2.41. The van der Waals surface area contributed by atoms with Crippen molar-refractivity contribution in [2.24, 2.45) is 0 Å². The fourth-order valence-electron chi connectivity index (χ4n) is 4.09. The SMILES string of the molecule is Cc1cc(C)c(N2[CH-]N(c3c(C)cc(C)cc3C)CC2)c(C)c1.[Ru+2]. The average Bonchev–Trinajstić information content (AvgIpc) is 2.85. The molecule has 0 aromatic heterocycles. The van der Waals surface area contributed by atoms with Crippen LogP contribution in [0, 0.1) is 48.2 Å². The zero-order valence-corrected chi connectivity index (χ0v) is 17.3. The van der Waals surface area contributed by atoms with Gasteiger partial charge >= 0.3 is 19.5 Å². The zero-order chi connectivity index (χ0) is 16.7. The number of rotatable bonds is 2. The van der Waals surface area contributed by atoms with Gasteiger partial charge in [-0.15, -0.1) is 0 Å². The van der Waals surface area contributed by atoms with Crippen molar-refractivity contribution in [3.8, 4) is 0 Å². The monoisotopic (exact) mass is 409 g/mol. The van der Waals surface area contributed by atoms with Gasteiger partial charge in [-0.05, 0) is 63.8 Å². The quantitative estimate of drug-likeness (QED) is 0.511. The van der Waals surface area contributed by atoms with Crippen molar-refractivity contribution in [1.82, 2.24) is 0 Å². The van der Waals surface area contributed by atoms with E-state index in [1.165, 1.54) is 44.8 Å². The van der Waals surface area contributed by atoms with Crippen LogP contribution in [0.1, 0.15) is 33.4 Å². The summed E-state index contributed by atoms with van der Waals surface area (Å²) in [5, 5.41) is 0. The third-order valence-corrected chi connectivity index (χ3v) is 4.71. The van der Waals surface area contributed by atoms with Crippen LogP contribution in [0.2, 0.25) is 0 Å². The molecular weight excluding hydrogens is 381 g/mol. The molecule has 3 heteroatoms. The van der Waals surface area contributed by atoms with Crippen molar-refractivity contribution in [3.05, 3.63) is 64.3 Å². The Bertz CT molecular complexity index is 642. The maximum Gasteiger partial charge on any atom is 2.00 e. The van der Waals surface area contributed by atoms with Crippen molar-refractivity contribution in [1.29, 1.82) is 0 Å². The molecule has 0 unspecified atom stereocenters. The fourth-order valence-corrected chi connectivity index (χ4v) is 4.09. The number of benzene rings is 2. The minimum absolute atomic E-state index is 0. The van der Waals surface area contributed by atoms with E-state index >= 15 is 0 Å². The zero-order valence-electron chi connectivity index (χ0n) is 15.5. The standard InChI is InChI=1S/C21H27N2.Ru/c1-14-9-16(3)20(17(4)10-14)22-7-8-23(13-22)21-18(5)11-15(2)12-19(21)6;/h9-13H,7-8H2,1-6H3;/q-1;+2. The smallest absolute Gasteiger partial charge is 0.502 e. The second-order valence-electron chi connectivity index (χ2n) is 7.00. The van der Waals surface area contributed by atoms with E-state index in [4.69, 9.17) is 0 Å². The topological polar surface area (TPSA) is 6.48 Å². The Labute approximate surface area is 159 Å². The van der Waals surface area contributed by atoms with E-state index in [1.807, 2.05) is 0 Å². The van der Waals surface area contributed by atoms with Crippen molar-refractivity contribution < 1.29 is 19.5 Å². The van der Waals surface area contributed by atoms with Crippen molar-refractivity contribution in [2.45, 2.75) is 41.5 Å². The van der Waals surface area contributed by atoms with Crippen LogP contribution in [0.5, 0.6) is 0 Å². The number of aryl methyl sites for hydroxylation is 6. The summed E-state index contributed by atoms with van der Waals surface area (Å²) < 4.78 is 0. The molecule has 0 aliphatic carbocycles. The van der Waals surface area contributed by atoms with Crippen LogP contribution >= 0.6 is 0 Å². The Morgan fingerprint density at radius 2 is 0.917 bits per heavy atom. The minimum Gasteiger partial charge on any atom is -0.502 e. The van der Waals surface area contributed by atoms with Crippen LogP contribution in [-0.4, -0.2) is 13.1 Å². The summed E-state index contributed by atoms with van der Waals surface area (Å²) in [5.41, 5.74) is 10.8. The molecule has 2 aromatic carbocycles. The van der Waals surface area contributed by atoms with Gasteiger partial charge in [-0.3, -0.25) is 0 Å². The molecule has 1 saturated heterocycles. The van der Waals surface area contributed by atoms with Crippen molar-refractivity contribution in [3.63, 3.8) is 0 Å². The van der Waals surface area contributed by atoms with E-state index in [0.29, 0.717) is 0 Å². The molecule has 2 aromatic rings. The first-order valence-electron chi connectivity index (χ1n) is 8.41. The molecule has 1 fully saturated rings. The summed E-state index contributed by atoms with van der Waals surface area (Å²) in [6.07, 6.45) is 0. The molecule has 0 saturated carbocycles. The molecule has 128 valence electrons. The summed E-state index contributed by atoms with van der Waals surface area (Å²) in [6, 6.07) is 9.12. The summed E-state index contributed by atoms with van der Waals surface area (Å²) in [6.45, 7) is 17.6. The molecule has 2 nitrogen and oxygen atoms in total. The molecule has 3 rings (SSSR count). The van der Waals surface area contributed by atoms with Gasteiger partial charge in [0.1, 0.15) is 0 Å². The first-order chi connectivity index (χ1) is 10.9. The first-order valence-corrected chi connectivity index (χ1v) is 8.41. The number of anilines is 2. The number of nitrogens with zero attached hydrogens (tertiary/aromatic N) is 2. The van der Waals surface area contributed by atoms with Crippen LogP contribution < -0.4 is 9.80 Å². The second kappa shape index (κ2) is 7.27.